The van der Waals surface area contributed by atoms with Crippen LogP contribution in [-0.2, 0) is 14.3 Å². The number of ether oxygens (including phenoxy) is 1. The van der Waals surface area contributed by atoms with Crippen molar-refractivity contribution in [2.24, 2.45) is 0 Å². The van der Waals surface area contributed by atoms with E-state index in [4.69, 9.17) is 16.3 Å². The molecule has 0 aromatic heterocycles. The number of Topliss-reactive ketones (excluding diaryl/α,β-unsaturated/α-hetero) is 1. The number of hydrogen-bond donors (Lipinski definition) is 2. The van der Waals surface area contributed by atoms with Crippen LogP contribution in [-0.4, -0.2) is 41.6 Å². The molecule has 0 aliphatic rings. The summed E-state index contributed by atoms with van der Waals surface area (Å²) in [5, 5.41) is 16.1. The van der Waals surface area contributed by atoms with Crippen LogP contribution in [0.4, 0.5) is 5.69 Å². The van der Waals surface area contributed by atoms with Crippen molar-refractivity contribution in [3.05, 3.63) is 111 Å². The Labute approximate surface area is 210 Å². The summed E-state index contributed by atoms with van der Waals surface area (Å²) in [7, 11) is 0. The highest BCUT2D eigenvalue weighted by Gasteiger charge is 2.27. The van der Waals surface area contributed by atoms with Crippen LogP contribution >= 0.6 is 11.6 Å². The molecule has 3 rings (SSSR count). The Kier molecular flexibility index (Phi) is 8.84. The number of rotatable bonds is 10. The minimum atomic E-state index is -1.39. The Morgan fingerprint density at radius 3 is 2.08 bits per heavy atom. The van der Waals surface area contributed by atoms with Crippen LogP contribution in [0.2, 0.25) is 5.02 Å². The standard InChI is InChI=1S/C25H20ClN3O7/c26-19-10-6-18(7-11-19)25(33)28-14-21(30)27-15-22(31)36-24(23(32)16-4-2-1-3-5-16)17-8-12-20(13-9-17)29(34)35/h1-13,24H,14-15H2,(H,27,30)(H,28,33)/t24-/m0/s1. The summed E-state index contributed by atoms with van der Waals surface area (Å²) in [4.78, 5) is 59.9. The minimum absolute atomic E-state index is 0.191. The molecule has 10 nitrogen and oxygen atoms in total. The first-order valence-corrected chi connectivity index (χ1v) is 11.0. The Balaban J connectivity index is 1.60. The van der Waals surface area contributed by atoms with E-state index in [9.17, 15) is 29.3 Å². The number of esters is 1. The van der Waals surface area contributed by atoms with E-state index in [0.717, 1.165) is 0 Å². The SMILES string of the molecule is O=C(CNC(=O)c1ccc(Cl)cc1)NCC(=O)O[C@H](C(=O)c1ccccc1)c1ccc([N+](=O)[O-])cc1. The third kappa shape index (κ3) is 7.21. The second-order valence-corrected chi connectivity index (χ2v) is 7.85. The molecule has 36 heavy (non-hydrogen) atoms. The molecule has 0 saturated heterocycles. The first-order valence-electron chi connectivity index (χ1n) is 10.6. The summed E-state index contributed by atoms with van der Waals surface area (Å²) in [5.41, 5.74) is 0.604. The van der Waals surface area contributed by atoms with Crippen LogP contribution in [0.5, 0.6) is 0 Å². The second-order valence-electron chi connectivity index (χ2n) is 7.42. The van der Waals surface area contributed by atoms with Crippen LogP contribution in [0.15, 0.2) is 78.9 Å². The molecule has 0 saturated carbocycles. The first-order chi connectivity index (χ1) is 17.2. The quantitative estimate of drug-likeness (QED) is 0.185. The molecule has 0 unspecified atom stereocenters. The summed E-state index contributed by atoms with van der Waals surface area (Å²) in [5.74, 6) is -2.62. The van der Waals surface area contributed by atoms with Gasteiger partial charge >= 0.3 is 5.97 Å². The third-order valence-electron chi connectivity index (χ3n) is 4.90. The van der Waals surface area contributed by atoms with Crippen LogP contribution in [0.1, 0.15) is 32.4 Å². The van der Waals surface area contributed by atoms with Crippen molar-refractivity contribution in [2.75, 3.05) is 13.1 Å². The van der Waals surface area contributed by atoms with Gasteiger partial charge in [-0.2, -0.15) is 0 Å². The maximum Gasteiger partial charge on any atom is 0.326 e. The number of nitro benzene ring substituents is 1. The molecule has 3 aromatic carbocycles. The molecule has 2 N–H and O–H groups in total. The molecule has 0 bridgehead atoms. The van der Waals surface area contributed by atoms with Crippen molar-refractivity contribution in [3.63, 3.8) is 0 Å². The van der Waals surface area contributed by atoms with Gasteiger partial charge in [0.1, 0.15) is 6.54 Å². The normalized spacial score (nSPS) is 11.1. The van der Waals surface area contributed by atoms with Crippen molar-refractivity contribution in [3.8, 4) is 0 Å². The number of non-ortho nitro benzene ring substituents is 1. The number of nitrogens with one attached hydrogen (secondary N) is 2. The number of carbonyl (C=O) groups is 4. The van der Waals surface area contributed by atoms with Crippen molar-refractivity contribution in [1.29, 1.82) is 0 Å². The van der Waals surface area contributed by atoms with Crippen LogP contribution in [0.3, 0.4) is 0 Å². The van der Waals surface area contributed by atoms with E-state index in [1.54, 1.807) is 30.3 Å². The number of ketones is 1. The fraction of sp³-hybridized carbons (Fsp3) is 0.120. The van der Waals surface area contributed by atoms with E-state index in [1.807, 2.05) is 0 Å². The Bertz CT molecular complexity index is 1260. The monoisotopic (exact) mass is 509 g/mol. The van der Waals surface area contributed by atoms with Crippen molar-refractivity contribution in [1.82, 2.24) is 10.6 Å². The molecular weight excluding hydrogens is 490 g/mol. The van der Waals surface area contributed by atoms with Gasteiger partial charge in [0.15, 0.2) is 6.10 Å². The largest absolute Gasteiger partial charge is 0.448 e. The van der Waals surface area contributed by atoms with Crippen LogP contribution in [0.25, 0.3) is 0 Å². The molecule has 0 aliphatic carbocycles. The van der Waals surface area contributed by atoms with E-state index >= 15 is 0 Å². The number of nitrogens with zero attached hydrogens (tertiary/aromatic N) is 1. The number of hydrogen-bond acceptors (Lipinski definition) is 7. The lowest BCUT2D eigenvalue weighted by Gasteiger charge is -2.18. The van der Waals surface area contributed by atoms with Gasteiger partial charge in [0, 0.05) is 33.8 Å². The molecule has 0 heterocycles. The van der Waals surface area contributed by atoms with Gasteiger partial charge in [-0.25, -0.2) is 0 Å². The topological polar surface area (TPSA) is 145 Å². The number of nitro groups is 1. The van der Waals surface area contributed by atoms with Crippen molar-refractivity contribution in [2.45, 2.75) is 6.10 Å². The molecule has 3 aromatic rings. The number of amides is 2. The Morgan fingerprint density at radius 2 is 1.47 bits per heavy atom. The zero-order valence-corrected chi connectivity index (χ0v) is 19.4. The van der Waals surface area contributed by atoms with Crippen LogP contribution in [0, 0.1) is 10.1 Å². The second kappa shape index (κ2) is 12.2. The predicted molar refractivity (Wildman–Crippen MR) is 129 cm³/mol. The third-order valence-corrected chi connectivity index (χ3v) is 5.15. The van der Waals surface area contributed by atoms with Gasteiger partial charge in [-0.1, -0.05) is 41.9 Å². The maximum atomic E-state index is 13.0. The molecule has 11 heteroatoms. The molecule has 1 atom stereocenters. The van der Waals surface area contributed by atoms with Gasteiger partial charge in [0.25, 0.3) is 11.6 Å². The maximum absolute atomic E-state index is 13.0. The van der Waals surface area contributed by atoms with Gasteiger partial charge in [-0.05, 0) is 36.4 Å². The average molecular weight is 510 g/mol. The summed E-state index contributed by atoms with van der Waals surface area (Å²) in [6, 6.07) is 19.2. The number of benzene rings is 3. The van der Waals surface area contributed by atoms with E-state index in [0.29, 0.717) is 10.6 Å². The smallest absolute Gasteiger partial charge is 0.326 e. The van der Waals surface area contributed by atoms with E-state index in [2.05, 4.69) is 10.6 Å². The van der Waals surface area contributed by atoms with Gasteiger partial charge < -0.3 is 15.4 Å². The fourth-order valence-electron chi connectivity index (χ4n) is 3.07. The van der Waals surface area contributed by atoms with Crippen molar-refractivity contribution >= 4 is 40.9 Å². The van der Waals surface area contributed by atoms with E-state index < -0.39 is 47.7 Å². The molecule has 0 radical (unpaired) electrons. The molecule has 184 valence electrons. The van der Waals surface area contributed by atoms with Gasteiger partial charge in [0.2, 0.25) is 11.7 Å². The van der Waals surface area contributed by atoms with E-state index in [1.165, 1.54) is 48.5 Å². The van der Waals surface area contributed by atoms with E-state index in [-0.39, 0.29) is 16.8 Å². The molecule has 0 aliphatic heterocycles. The number of carbonyl (C=O) groups excluding carboxylic acids is 4. The summed E-state index contributed by atoms with van der Waals surface area (Å²) < 4.78 is 5.34. The highest BCUT2D eigenvalue weighted by molar-refractivity contribution is 6.30. The van der Waals surface area contributed by atoms with Gasteiger partial charge in [-0.3, -0.25) is 29.3 Å². The predicted octanol–water partition coefficient (Wildman–Crippen LogP) is 3.26. The molecular formula is C25H20ClN3O7. The van der Waals surface area contributed by atoms with Crippen molar-refractivity contribution < 1.29 is 28.8 Å². The van der Waals surface area contributed by atoms with Gasteiger partial charge in [-0.15, -0.1) is 0 Å². The summed E-state index contributed by atoms with van der Waals surface area (Å²) in [6.07, 6.45) is -1.39. The zero-order chi connectivity index (χ0) is 26.1. The summed E-state index contributed by atoms with van der Waals surface area (Å²) in [6.45, 7) is -0.968. The zero-order valence-electron chi connectivity index (χ0n) is 18.7. The Hall–Kier alpha value is -4.57. The average Bonchev–Trinajstić information content (AvgIpc) is 2.89. The minimum Gasteiger partial charge on any atom is -0.448 e. The highest BCUT2D eigenvalue weighted by atomic mass is 35.5. The number of halogens is 1. The summed E-state index contributed by atoms with van der Waals surface area (Å²) >= 11 is 5.78. The lowest BCUT2D eigenvalue weighted by molar-refractivity contribution is -0.384. The highest BCUT2D eigenvalue weighted by Crippen LogP contribution is 2.25. The lowest BCUT2D eigenvalue weighted by atomic mass is 9.99. The van der Waals surface area contributed by atoms with Crippen LogP contribution < -0.4 is 10.6 Å². The molecule has 0 fully saturated rings. The fourth-order valence-corrected chi connectivity index (χ4v) is 3.19. The molecule has 2 amide bonds. The molecule has 0 spiro atoms. The lowest BCUT2D eigenvalue weighted by Crippen LogP contribution is -2.39. The first kappa shape index (κ1) is 26.0. The van der Waals surface area contributed by atoms with Gasteiger partial charge in [0.05, 0.1) is 11.5 Å². The Morgan fingerprint density at radius 1 is 0.833 bits per heavy atom.